The second-order valence-corrected chi connectivity index (χ2v) is 4.30. The Hall–Kier alpha value is -2.03. The minimum Gasteiger partial charge on any atom is -0.478 e. The van der Waals surface area contributed by atoms with Crippen molar-refractivity contribution in [3.05, 3.63) is 58.9 Å². The highest BCUT2D eigenvalue weighted by Gasteiger charge is 2.09. The SMILES string of the molecule is Cc1ccc(Cc2cc(C(=O)O)cn2C)cc1. The van der Waals surface area contributed by atoms with Crippen molar-refractivity contribution in [1.82, 2.24) is 4.57 Å². The molecule has 0 fully saturated rings. The highest BCUT2D eigenvalue weighted by Crippen LogP contribution is 2.13. The molecule has 0 atom stereocenters. The fourth-order valence-corrected chi connectivity index (χ4v) is 1.82. The number of hydrogen-bond donors (Lipinski definition) is 1. The Kier molecular flexibility index (Phi) is 3.00. The minimum absolute atomic E-state index is 0.342. The first-order valence-corrected chi connectivity index (χ1v) is 5.50. The first-order chi connectivity index (χ1) is 8.06. The zero-order valence-corrected chi connectivity index (χ0v) is 9.97. The van der Waals surface area contributed by atoms with Gasteiger partial charge in [-0.15, -0.1) is 0 Å². The standard InChI is InChI=1S/C14H15NO2/c1-10-3-5-11(6-4-10)7-13-8-12(14(16)17)9-15(13)2/h3-6,8-9H,7H2,1-2H3,(H,16,17). The summed E-state index contributed by atoms with van der Waals surface area (Å²) in [5, 5.41) is 8.91. The van der Waals surface area contributed by atoms with Crippen LogP contribution >= 0.6 is 0 Å². The lowest BCUT2D eigenvalue weighted by Crippen LogP contribution is -1.96. The second kappa shape index (κ2) is 4.45. The maximum absolute atomic E-state index is 10.9. The number of aromatic nitrogens is 1. The van der Waals surface area contributed by atoms with E-state index in [1.54, 1.807) is 12.3 Å². The van der Waals surface area contributed by atoms with E-state index in [0.717, 1.165) is 12.1 Å². The van der Waals surface area contributed by atoms with E-state index in [4.69, 9.17) is 5.11 Å². The van der Waals surface area contributed by atoms with E-state index in [1.807, 2.05) is 11.6 Å². The number of carboxylic acids is 1. The van der Waals surface area contributed by atoms with Crippen molar-refractivity contribution in [3.63, 3.8) is 0 Å². The van der Waals surface area contributed by atoms with Crippen LogP contribution in [0.5, 0.6) is 0 Å². The maximum Gasteiger partial charge on any atom is 0.337 e. The predicted molar refractivity (Wildman–Crippen MR) is 66.4 cm³/mol. The van der Waals surface area contributed by atoms with Crippen LogP contribution in [0.4, 0.5) is 0 Å². The molecule has 1 N–H and O–H groups in total. The Balaban J connectivity index is 2.24. The van der Waals surface area contributed by atoms with Gasteiger partial charge in [-0.25, -0.2) is 4.79 Å². The molecule has 1 aromatic heterocycles. The highest BCUT2D eigenvalue weighted by molar-refractivity contribution is 5.87. The normalized spacial score (nSPS) is 10.5. The smallest absolute Gasteiger partial charge is 0.337 e. The number of aromatic carboxylic acids is 1. The number of aryl methyl sites for hydroxylation is 2. The molecule has 3 nitrogen and oxygen atoms in total. The van der Waals surface area contributed by atoms with Gasteiger partial charge in [0.25, 0.3) is 0 Å². The predicted octanol–water partition coefficient (Wildman–Crippen LogP) is 2.62. The summed E-state index contributed by atoms with van der Waals surface area (Å²) >= 11 is 0. The Morgan fingerprint density at radius 2 is 1.94 bits per heavy atom. The Morgan fingerprint density at radius 1 is 1.29 bits per heavy atom. The molecule has 17 heavy (non-hydrogen) atoms. The molecule has 0 bridgehead atoms. The third kappa shape index (κ3) is 2.56. The second-order valence-electron chi connectivity index (χ2n) is 4.30. The Labute approximate surface area is 100 Å². The van der Waals surface area contributed by atoms with Crippen LogP contribution in [0.3, 0.4) is 0 Å². The van der Waals surface area contributed by atoms with Gasteiger partial charge in [-0.3, -0.25) is 0 Å². The lowest BCUT2D eigenvalue weighted by Gasteiger charge is -2.03. The summed E-state index contributed by atoms with van der Waals surface area (Å²) in [5.74, 6) is -0.879. The summed E-state index contributed by atoms with van der Waals surface area (Å²) < 4.78 is 1.86. The highest BCUT2D eigenvalue weighted by atomic mass is 16.4. The Bertz CT molecular complexity index is 538. The van der Waals surface area contributed by atoms with Crippen LogP contribution in [-0.4, -0.2) is 15.6 Å². The van der Waals surface area contributed by atoms with Crippen LogP contribution in [0, 0.1) is 6.92 Å². The van der Waals surface area contributed by atoms with Crippen LogP contribution in [0.2, 0.25) is 0 Å². The molecule has 88 valence electrons. The first-order valence-electron chi connectivity index (χ1n) is 5.50. The quantitative estimate of drug-likeness (QED) is 0.879. The van der Waals surface area contributed by atoms with Crippen LogP contribution in [0.25, 0.3) is 0 Å². The summed E-state index contributed by atoms with van der Waals surface area (Å²) in [6, 6.07) is 10.0. The lowest BCUT2D eigenvalue weighted by molar-refractivity contribution is 0.0697. The van der Waals surface area contributed by atoms with Gasteiger partial charge in [-0.1, -0.05) is 29.8 Å². The molecule has 1 heterocycles. The number of benzene rings is 1. The average molecular weight is 229 g/mol. The molecular formula is C14H15NO2. The van der Waals surface area contributed by atoms with E-state index >= 15 is 0 Å². The maximum atomic E-state index is 10.9. The fourth-order valence-electron chi connectivity index (χ4n) is 1.82. The third-order valence-electron chi connectivity index (χ3n) is 2.86. The van der Waals surface area contributed by atoms with Crippen LogP contribution in [-0.2, 0) is 13.5 Å². The first kappa shape index (κ1) is 11.5. The van der Waals surface area contributed by atoms with Crippen molar-refractivity contribution >= 4 is 5.97 Å². The molecule has 0 spiro atoms. The van der Waals surface area contributed by atoms with Crippen molar-refractivity contribution in [2.75, 3.05) is 0 Å². The third-order valence-corrected chi connectivity index (χ3v) is 2.86. The van der Waals surface area contributed by atoms with E-state index in [1.165, 1.54) is 11.1 Å². The van der Waals surface area contributed by atoms with Crippen molar-refractivity contribution in [2.24, 2.45) is 7.05 Å². The van der Waals surface area contributed by atoms with Gasteiger partial charge < -0.3 is 9.67 Å². The monoisotopic (exact) mass is 229 g/mol. The van der Waals surface area contributed by atoms with Crippen molar-refractivity contribution < 1.29 is 9.90 Å². The van der Waals surface area contributed by atoms with Crippen LogP contribution in [0.1, 0.15) is 27.2 Å². The molecule has 3 heteroatoms. The summed E-state index contributed by atoms with van der Waals surface area (Å²) in [7, 11) is 1.87. The van der Waals surface area contributed by atoms with Gasteiger partial charge in [0.2, 0.25) is 0 Å². The molecule has 0 unspecified atom stereocenters. The van der Waals surface area contributed by atoms with Gasteiger partial charge in [0, 0.05) is 25.4 Å². The number of carbonyl (C=O) groups is 1. The molecule has 2 rings (SSSR count). The van der Waals surface area contributed by atoms with E-state index in [2.05, 4.69) is 31.2 Å². The molecule has 0 aliphatic carbocycles. The number of carboxylic acid groups (broad SMARTS) is 1. The van der Waals surface area contributed by atoms with E-state index in [0.29, 0.717) is 5.56 Å². The molecule has 0 aliphatic heterocycles. The molecule has 1 aromatic carbocycles. The van der Waals surface area contributed by atoms with Gasteiger partial charge in [0.05, 0.1) is 5.56 Å². The average Bonchev–Trinajstić information content (AvgIpc) is 2.64. The molecule has 0 saturated heterocycles. The zero-order chi connectivity index (χ0) is 12.4. The van der Waals surface area contributed by atoms with Crippen LogP contribution in [0.15, 0.2) is 36.5 Å². The van der Waals surface area contributed by atoms with Crippen molar-refractivity contribution in [2.45, 2.75) is 13.3 Å². The summed E-state index contributed by atoms with van der Waals surface area (Å²) in [6.45, 7) is 2.05. The largest absolute Gasteiger partial charge is 0.478 e. The lowest BCUT2D eigenvalue weighted by atomic mass is 10.1. The summed E-state index contributed by atoms with van der Waals surface area (Å²) in [5.41, 5.74) is 3.77. The molecule has 0 amide bonds. The minimum atomic E-state index is -0.879. The molecule has 0 radical (unpaired) electrons. The van der Waals surface area contributed by atoms with Crippen LogP contribution < -0.4 is 0 Å². The topological polar surface area (TPSA) is 42.2 Å². The number of hydrogen-bond acceptors (Lipinski definition) is 1. The van der Waals surface area contributed by atoms with Gasteiger partial charge in [-0.2, -0.15) is 0 Å². The summed E-state index contributed by atoms with van der Waals surface area (Å²) in [6.07, 6.45) is 2.40. The van der Waals surface area contributed by atoms with Crippen molar-refractivity contribution in [1.29, 1.82) is 0 Å². The van der Waals surface area contributed by atoms with Crippen molar-refractivity contribution in [3.8, 4) is 0 Å². The number of nitrogens with zero attached hydrogens (tertiary/aromatic N) is 1. The van der Waals surface area contributed by atoms with Gasteiger partial charge in [-0.05, 0) is 18.6 Å². The summed E-state index contributed by atoms with van der Waals surface area (Å²) in [4.78, 5) is 10.9. The fraction of sp³-hybridized carbons (Fsp3) is 0.214. The Morgan fingerprint density at radius 3 is 2.47 bits per heavy atom. The van der Waals surface area contributed by atoms with Gasteiger partial charge >= 0.3 is 5.97 Å². The van der Waals surface area contributed by atoms with E-state index in [-0.39, 0.29) is 0 Å². The molecule has 0 saturated carbocycles. The van der Waals surface area contributed by atoms with Gasteiger partial charge in [0.15, 0.2) is 0 Å². The molecule has 0 aliphatic rings. The van der Waals surface area contributed by atoms with Gasteiger partial charge in [0.1, 0.15) is 0 Å². The molecular weight excluding hydrogens is 214 g/mol. The van der Waals surface area contributed by atoms with E-state index < -0.39 is 5.97 Å². The number of rotatable bonds is 3. The molecule has 2 aromatic rings. The zero-order valence-electron chi connectivity index (χ0n) is 9.97. The van der Waals surface area contributed by atoms with E-state index in [9.17, 15) is 4.79 Å².